The highest BCUT2D eigenvalue weighted by molar-refractivity contribution is 5.77. The van der Waals surface area contributed by atoms with Crippen molar-refractivity contribution < 1.29 is 9.53 Å². The second-order valence-electron chi connectivity index (χ2n) is 7.35. The van der Waals surface area contributed by atoms with Crippen LogP contribution in [0.5, 0.6) is 0 Å². The van der Waals surface area contributed by atoms with Crippen LogP contribution in [0.4, 0.5) is 4.79 Å². The van der Waals surface area contributed by atoms with Crippen LogP contribution in [0, 0.1) is 0 Å². The summed E-state index contributed by atoms with van der Waals surface area (Å²) in [6, 6.07) is 8.71. The van der Waals surface area contributed by atoms with E-state index in [1.54, 1.807) is 0 Å². The van der Waals surface area contributed by atoms with Gasteiger partial charge in [-0.3, -0.25) is 0 Å². The molecule has 6 nitrogen and oxygen atoms in total. The van der Waals surface area contributed by atoms with Crippen LogP contribution in [0.1, 0.15) is 45.0 Å². The number of carbonyl (C=O) groups is 1. The van der Waals surface area contributed by atoms with Crippen LogP contribution in [0.15, 0.2) is 24.3 Å². The molecule has 1 unspecified atom stereocenters. The number of carbonyl (C=O) groups excluding carboxylic acids is 1. The van der Waals surface area contributed by atoms with E-state index in [9.17, 15) is 4.79 Å². The fourth-order valence-electron chi connectivity index (χ4n) is 3.54. The molecule has 1 aliphatic carbocycles. The Balaban J connectivity index is 1.47. The summed E-state index contributed by atoms with van der Waals surface area (Å²) in [6.45, 7) is 6.50. The van der Waals surface area contributed by atoms with Gasteiger partial charge in [0.1, 0.15) is 5.82 Å². The summed E-state index contributed by atoms with van der Waals surface area (Å²) in [6.07, 6.45) is 3.29. The largest absolute Gasteiger partial charge is 0.372 e. The number of imidazole rings is 1. The van der Waals surface area contributed by atoms with Crippen LogP contribution in [-0.2, 0) is 11.3 Å². The van der Waals surface area contributed by atoms with Crippen molar-refractivity contribution in [2.45, 2.75) is 51.3 Å². The lowest BCUT2D eigenvalue weighted by molar-refractivity contribution is -0.0873. The van der Waals surface area contributed by atoms with Crippen molar-refractivity contribution in [1.82, 2.24) is 19.8 Å². The molecule has 1 aromatic carbocycles. The van der Waals surface area contributed by atoms with E-state index >= 15 is 0 Å². The van der Waals surface area contributed by atoms with Crippen LogP contribution in [-0.4, -0.2) is 45.8 Å². The van der Waals surface area contributed by atoms with Gasteiger partial charge < -0.3 is 19.5 Å². The molecular formula is C19H26N4O2. The number of nitrogens with one attached hydrogen (secondary N) is 1. The lowest BCUT2D eigenvalue weighted by atomic mass is 10.0. The molecule has 1 N–H and O–H groups in total. The number of rotatable bonds is 4. The van der Waals surface area contributed by atoms with Gasteiger partial charge in [0.15, 0.2) is 0 Å². The lowest BCUT2D eigenvalue weighted by Crippen LogP contribution is -2.54. The number of fused-ring (bicyclic) bond motifs is 1. The minimum absolute atomic E-state index is 0.0302. The van der Waals surface area contributed by atoms with Gasteiger partial charge >= 0.3 is 6.03 Å². The van der Waals surface area contributed by atoms with Gasteiger partial charge in [-0.15, -0.1) is 0 Å². The Kier molecular flexibility index (Phi) is 4.15. The van der Waals surface area contributed by atoms with E-state index in [0.717, 1.165) is 17.8 Å². The molecule has 1 saturated carbocycles. The van der Waals surface area contributed by atoms with Gasteiger partial charge in [0.25, 0.3) is 0 Å². The van der Waals surface area contributed by atoms with Crippen LogP contribution in [0.2, 0.25) is 0 Å². The number of ether oxygens (including phenoxy) is 1. The molecule has 6 heteroatoms. The van der Waals surface area contributed by atoms with Crippen molar-refractivity contribution in [1.29, 1.82) is 0 Å². The summed E-state index contributed by atoms with van der Waals surface area (Å²) >= 11 is 0. The first-order valence-corrected chi connectivity index (χ1v) is 9.22. The first kappa shape index (κ1) is 16.4. The van der Waals surface area contributed by atoms with Crippen LogP contribution >= 0.6 is 0 Å². The Morgan fingerprint density at radius 3 is 2.96 bits per heavy atom. The van der Waals surface area contributed by atoms with E-state index in [2.05, 4.69) is 29.8 Å². The summed E-state index contributed by atoms with van der Waals surface area (Å²) < 4.78 is 8.12. The third kappa shape index (κ3) is 3.23. The molecule has 1 aromatic heterocycles. The summed E-state index contributed by atoms with van der Waals surface area (Å²) in [5, 5.41) is 3.06. The van der Waals surface area contributed by atoms with Crippen LogP contribution < -0.4 is 5.32 Å². The van der Waals surface area contributed by atoms with Gasteiger partial charge in [0.05, 0.1) is 36.3 Å². The maximum atomic E-state index is 12.6. The molecule has 4 rings (SSSR count). The predicted molar refractivity (Wildman–Crippen MR) is 96.5 cm³/mol. The average Bonchev–Trinajstić information content (AvgIpc) is 3.40. The molecule has 1 atom stereocenters. The van der Waals surface area contributed by atoms with Crippen molar-refractivity contribution >= 4 is 17.1 Å². The van der Waals surface area contributed by atoms with Crippen molar-refractivity contribution in [2.75, 3.05) is 19.7 Å². The number of morpholine rings is 1. The van der Waals surface area contributed by atoms with Crippen molar-refractivity contribution in [3.05, 3.63) is 30.1 Å². The molecule has 25 heavy (non-hydrogen) atoms. The molecule has 0 bridgehead atoms. The summed E-state index contributed by atoms with van der Waals surface area (Å²) in [5.74, 6) is 0.948. The van der Waals surface area contributed by atoms with E-state index in [0.29, 0.717) is 32.3 Å². The highest BCUT2D eigenvalue weighted by Gasteiger charge is 2.33. The van der Waals surface area contributed by atoms with Gasteiger partial charge in [-0.2, -0.15) is 0 Å². The molecule has 0 spiro atoms. The van der Waals surface area contributed by atoms with Crippen molar-refractivity contribution in [3.63, 3.8) is 0 Å². The van der Waals surface area contributed by atoms with E-state index in [1.165, 1.54) is 18.4 Å². The Morgan fingerprint density at radius 2 is 2.20 bits per heavy atom. The number of nitrogens with zero attached hydrogens (tertiary/aromatic N) is 3. The van der Waals surface area contributed by atoms with E-state index in [-0.39, 0.29) is 11.6 Å². The standard InChI is InChI=1S/C19H26N4O2/c1-3-19(2)13-22(10-11-25-19)18(24)20-12-17-21-15-6-4-5-7-16(15)23(17)14-8-9-14/h4-7,14H,3,8-13H2,1-2H3,(H,20,24). The van der Waals surface area contributed by atoms with Crippen molar-refractivity contribution in [2.24, 2.45) is 0 Å². The fourth-order valence-corrected chi connectivity index (χ4v) is 3.54. The number of amides is 2. The highest BCUT2D eigenvalue weighted by atomic mass is 16.5. The molecule has 2 aliphatic rings. The molecule has 2 heterocycles. The maximum absolute atomic E-state index is 12.6. The molecule has 1 aliphatic heterocycles. The summed E-state index contributed by atoms with van der Waals surface area (Å²) in [7, 11) is 0. The summed E-state index contributed by atoms with van der Waals surface area (Å²) in [5.41, 5.74) is 1.93. The molecule has 1 saturated heterocycles. The Bertz CT molecular complexity index is 783. The number of hydrogen-bond donors (Lipinski definition) is 1. The Hall–Kier alpha value is -2.08. The first-order valence-electron chi connectivity index (χ1n) is 9.22. The summed E-state index contributed by atoms with van der Waals surface area (Å²) in [4.78, 5) is 19.2. The predicted octanol–water partition coefficient (Wildman–Crippen LogP) is 3.08. The zero-order valence-electron chi connectivity index (χ0n) is 15.0. The molecule has 2 fully saturated rings. The molecule has 0 radical (unpaired) electrons. The SMILES string of the molecule is CCC1(C)CN(C(=O)NCc2nc3ccccc3n2C2CC2)CCO1. The first-order chi connectivity index (χ1) is 12.1. The molecular weight excluding hydrogens is 316 g/mol. The van der Waals surface area contributed by atoms with E-state index in [4.69, 9.17) is 9.72 Å². The van der Waals surface area contributed by atoms with Gasteiger partial charge in [-0.05, 0) is 38.3 Å². The van der Waals surface area contributed by atoms with E-state index < -0.39 is 0 Å². The van der Waals surface area contributed by atoms with Crippen molar-refractivity contribution in [3.8, 4) is 0 Å². The second-order valence-corrected chi connectivity index (χ2v) is 7.35. The smallest absolute Gasteiger partial charge is 0.317 e. The molecule has 2 aromatic rings. The number of hydrogen-bond acceptors (Lipinski definition) is 3. The molecule has 2 amide bonds. The lowest BCUT2D eigenvalue weighted by Gasteiger charge is -2.39. The minimum Gasteiger partial charge on any atom is -0.372 e. The molecule has 134 valence electrons. The number of aromatic nitrogens is 2. The van der Waals surface area contributed by atoms with E-state index in [1.807, 2.05) is 23.1 Å². The topological polar surface area (TPSA) is 59.4 Å². The highest BCUT2D eigenvalue weighted by Crippen LogP contribution is 2.38. The fraction of sp³-hybridized carbons (Fsp3) is 0.579. The third-order valence-electron chi connectivity index (χ3n) is 5.35. The number of para-hydroxylation sites is 2. The van der Waals surface area contributed by atoms with Gasteiger partial charge in [-0.25, -0.2) is 9.78 Å². The zero-order chi connectivity index (χ0) is 17.4. The van der Waals surface area contributed by atoms with Gasteiger partial charge in [0, 0.05) is 12.6 Å². The zero-order valence-corrected chi connectivity index (χ0v) is 15.0. The van der Waals surface area contributed by atoms with Gasteiger partial charge in [0.2, 0.25) is 0 Å². The van der Waals surface area contributed by atoms with Crippen LogP contribution in [0.25, 0.3) is 11.0 Å². The maximum Gasteiger partial charge on any atom is 0.317 e. The number of benzene rings is 1. The average molecular weight is 342 g/mol. The normalized spacial score (nSPS) is 23.8. The monoisotopic (exact) mass is 342 g/mol. The minimum atomic E-state index is -0.239. The Morgan fingerprint density at radius 1 is 1.40 bits per heavy atom. The third-order valence-corrected chi connectivity index (χ3v) is 5.35. The Labute approximate surface area is 148 Å². The van der Waals surface area contributed by atoms with Crippen LogP contribution in [0.3, 0.4) is 0 Å². The number of urea groups is 1. The quantitative estimate of drug-likeness (QED) is 0.929. The second kappa shape index (κ2) is 6.33. The van der Waals surface area contributed by atoms with Gasteiger partial charge in [-0.1, -0.05) is 19.1 Å².